The first kappa shape index (κ1) is 9.39. The number of carboxylic acids is 1. The molecule has 1 atom stereocenters. The number of aromatic carboxylic acids is 1. The van der Waals surface area contributed by atoms with E-state index in [1.165, 1.54) is 5.69 Å². The first-order chi connectivity index (χ1) is 7.68. The molecule has 82 valence electrons. The lowest BCUT2D eigenvalue weighted by molar-refractivity contribution is 0.0698. The Kier molecular flexibility index (Phi) is 1.80. The minimum atomic E-state index is -0.905. The summed E-state index contributed by atoms with van der Waals surface area (Å²) >= 11 is 0. The largest absolute Gasteiger partial charge is 0.478 e. The summed E-state index contributed by atoms with van der Waals surface area (Å²) in [4.78, 5) is 15.3. The van der Waals surface area contributed by atoms with Crippen molar-refractivity contribution in [2.75, 3.05) is 0 Å². The molecule has 0 saturated carbocycles. The number of carbonyl (C=O) groups is 1. The minimum Gasteiger partial charge on any atom is -0.478 e. The Balaban J connectivity index is 2.41. The number of fused-ring (bicyclic) bond motifs is 3. The third kappa shape index (κ3) is 1.10. The quantitative estimate of drug-likeness (QED) is 0.794. The highest BCUT2D eigenvalue weighted by Gasteiger charge is 2.24. The highest BCUT2D eigenvalue weighted by Crippen LogP contribution is 2.34. The van der Waals surface area contributed by atoms with Gasteiger partial charge in [-0.25, -0.2) is 9.78 Å². The standard InChI is InChI=1S/C12H12N2O2/c1-7-2-3-10-8(7)6-9(12(15)16)11-13-4-5-14(10)11/h4-7H,2-3H2,1H3,(H,15,16)/t7-/m0/s1. The second-order valence-corrected chi connectivity index (χ2v) is 4.33. The summed E-state index contributed by atoms with van der Waals surface area (Å²) in [6.07, 6.45) is 5.60. The van der Waals surface area contributed by atoms with Gasteiger partial charge in [0.25, 0.3) is 0 Å². The van der Waals surface area contributed by atoms with Crippen LogP contribution in [0, 0.1) is 0 Å². The molecule has 1 aliphatic carbocycles. The molecule has 0 aromatic carbocycles. The molecule has 0 unspecified atom stereocenters. The van der Waals surface area contributed by atoms with Gasteiger partial charge >= 0.3 is 5.97 Å². The normalized spacial score (nSPS) is 18.9. The van der Waals surface area contributed by atoms with Gasteiger partial charge in [-0.05, 0) is 30.4 Å². The molecule has 0 saturated heterocycles. The fourth-order valence-electron chi connectivity index (χ4n) is 2.52. The van der Waals surface area contributed by atoms with Crippen molar-refractivity contribution in [3.63, 3.8) is 0 Å². The maximum atomic E-state index is 11.2. The van der Waals surface area contributed by atoms with E-state index in [-0.39, 0.29) is 0 Å². The Bertz CT molecular complexity index is 586. The van der Waals surface area contributed by atoms with Gasteiger partial charge in [0.1, 0.15) is 5.56 Å². The fraction of sp³-hybridized carbons (Fsp3) is 0.333. The predicted octanol–water partition coefficient (Wildman–Crippen LogP) is 2.08. The van der Waals surface area contributed by atoms with E-state index >= 15 is 0 Å². The zero-order valence-corrected chi connectivity index (χ0v) is 8.97. The lowest BCUT2D eigenvalue weighted by atomic mass is 10.0. The van der Waals surface area contributed by atoms with E-state index in [1.807, 2.05) is 10.6 Å². The average molecular weight is 216 g/mol. The Morgan fingerprint density at radius 1 is 1.62 bits per heavy atom. The molecule has 0 spiro atoms. The molecule has 4 heteroatoms. The van der Waals surface area contributed by atoms with Crippen molar-refractivity contribution in [2.45, 2.75) is 25.7 Å². The Hall–Kier alpha value is -1.84. The maximum absolute atomic E-state index is 11.2. The van der Waals surface area contributed by atoms with Gasteiger partial charge in [-0.15, -0.1) is 0 Å². The monoisotopic (exact) mass is 216 g/mol. The first-order valence-corrected chi connectivity index (χ1v) is 5.40. The summed E-state index contributed by atoms with van der Waals surface area (Å²) in [5.41, 5.74) is 3.23. The number of aryl methyl sites for hydroxylation is 1. The number of hydrogen-bond acceptors (Lipinski definition) is 2. The van der Waals surface area contributed by atoms with Crippen molar-refractivity contribution in [2.24, 2.45) is 0 Å². The van der Waals surface area contributed by atoms with Crippen LogP contribution in [-0.2, 0) is 6.42 Å². The number of aromatic nitrogens is 2. The zero-order chi connectivity index (χ0) is 11.3. The lowest BCUT2D eigenvalue weighted by Crippen LogP contribution is -2.05. The highest BCUT2D eigenvalue weighted by atomic mass is 16.4. The topological polar surface area (TPSA) is 54.6 Å². The van der Waals surface area contributed by atoms with Crippen LogP contribution in [0.15, 0.2) is 18.5 Å². The van der Waals surface area contributed by atoms with Crippen molar-refractivity contribution in [3.05, 3.63) is 35.3 Å². The molecule has 0 aliphatic heterocycles. The van der Waals surface area contributed by atoms with Crippen LogP contribution in [0.2, 0.25) is 0 Å². The van der Waals surface area contributed by atoms with Crippen LogP contribution in [0.5, 0.6) is 0 Å². The molecule has 1 N–H and O–H groups in total. The number of imidazole rings is 1. The van der Waals surface area contributed by atoms with E-state index < -0.39 is 5.97 Å². The Morgan fingerprint density at radius 2 is 2.44 bits per heavy atom. The van der Waals surface area contributed by atoms with Gasteiger partial charge in [0.05, 0.1) is 0 Å². The number of pyridine rings is 1. The molecule has 2 aromatic rings. The van der Waals surface area contributed by atoms with Gasteiger partial charge in [0.2, 0.25) is 0 Å². The van der Waals surface area contributed by atoms with E-state index in [1.54, 1.807) is 12.3 Å². The van der Waals surface area contributed by atoms with Crippen LogP contribution in [0.25, 0.3) is 5.65 Å². The molecule has 3 rings (SSSR count). The van der Waals surface area contributed by atoms with Gasteiger partial charge in [-0.1, -0.05) is 6.92 Å². The van der Waals surface area contributed by atoms with Crippen LogP contribution in [0.3, 0.4) is 0 Å². The summed E-state index contributed by atoms with van der Waals surface area (Å²) in [5.74, 6) is -0.460. The van der Waals surface area contributed by atoms with Crippen LogP contribution in [-0.4, -0.2) is 20.5 Å². The second kappa shape index (κ2) is 3.07. The fourth-order valence-corrected chi connectivity index (χ4v) is 2.52. The van der Waals surface area contributed by atoms with Gasteiger partial charge in [0, 0.05) is 18.1 Å². The van der Waals surface area contributed by atoms with Gasteiger partial charge < -0.3 is 9.51 Å². The first-order valence-electron chi connectivity index (χ1n) is 5.40. The number of rotatable bonds is 1. The predicted molar refractivity (Wildman–Crippen MR) is 58.9 cm³/mol. The second-order valence-electron chi connectivity index (χ2n) is 4.33. The average Bonchev–Trinajstić information content (AvgIpc) is 2.83. The van der Waals surface area contributed by atoms with E-state index in [4.69, 9.17) is 5.11 Å². The maximum Gasteiger partial charge on any atom is 0.339 e. The third-order valence-electron chi connectivity index (χ3n) is 3.38. The smallest absolute Gasteiger partial charge is 0.339 e. The van der Waals surface area contributed by atoms with Gasteiger partial charge in [-0.3, -0.25) is 0 Å². The summed E-state index contributed by atoms with van der Waals surface area (Å²) in [7, 11) is 0. The number of carboxylic acid groups (broad SMARTS) is 1. The molecular weight excluding hydrogens is 204 g/mol. The summed E-state index contributed by atoms with van der Waals surface area (Å²) in [6.45, 7) is 2.14. The zero-order valence-electron chi connectivity index (χ0n) is 8.97. The van der Waals surface area contributed by atoms with Crippen molar-refractivity contribution >= 4 is 11.6 Å². The van der Waals surface area contributed by atoms with Gasteiger partial charge in [-0.2, -0.15) is 0 Å². The molecule has 0 bridgehead atoms. The summed E-state index contributed by atoms with van der Waals surface area (Å²) in [5, 5.41) is 9.17. The Labute approximate surface area is 92.5 Å². The minimum absolute atomic E-state index is 0.303. The van der Waals surface area contributed by atoms with Crippen molar-refractivity contribution in [3.8, 4) is 0 Å². The van der Waals surface area contributed by atoms with Crippen LogP contribution in [0.1, 0.15) is 40.9 Å². The van der Waals surface area contributed by atoms with Crippen molar-refractivity contribution in [1.29, 1.82) is 0 Å². The molecule has 0 fully saturated rings. The van der Waals surface area contributed by atoms with E-state index in [9.17, 15) is 4.79 Å². The molecule has 0 radical (unpaired) electrons. The van der Waals surface area contributed by atoms with E-state index in [0.29, 0.717) is 17.1 Å². The SMILES string of the molecule is C[C@H]1CCc2c1cc(C(=O)O)c1nccn21. The van der Waals surface area contributed by atoms with Crippen LogP contribution in [0.4, 0.5) is 0 Å². The molecule has 16 heavy (non-hydrogen) atoms. The number of nitrogens with zero attached hydrogens (tertiary/aromatic N) is 2. The van der Waals surface area contributed by atoms with Crippen LogP contribution >= 0.6 is 0 Å². The van der Waals surface area contributed by atoms with Gasteiger partial charge in [0.15, 0.2) is 5.65 Å². The molecule has 2 aromatic heterocycles. The molecule has 0 amide bonds. The lowest BCUT2D eigenvalue weighted by Gasteiger charge is -2.08. The van der Waals surface area contributed by atoms with Crippen molar-refractivity contribution in [1.82, 2.24) is 9.38 Å². The molecular formula is C12H12N2O2. The highest BCUT2D eigenvalue weighted by molar-refractivity contribution is 5.94. The van der Waals surface area contributed by atoms with Crippen molar-refractivity contribution < 1.29 is 9.90 Å². The molecule has 4 nitrogen and oxygen atoms in total. The summed E-state index contributed by atoms with van der Waals surface area (Å²) in [6, 6.07) is 1.79. The molecule has 2 heterocycles. The van der Waals surface area contributed by atoms with Crippen LogP contribution < -0.4 is 0 Å². The molecule has 1 aliphatic rings. The third-order valence-corrected chi connectivity index (χ3v) is 3.38. The van der Waals surface area contributed by atoms with E-state index in [2.05, 4.69) is 11.9 Å². The van der Waals surface area contributed by atoms with E-state index in [0.717, 1.165) is 18.4 Å². The Morgan fingerprint density at radius 3 is 3.19 bits per heavy atom. The number of hydrogen-bond donors (Lipinski definition) is 1. The summed E-state index contributed by atoms with van der Waals surface area (Å²) < 4.78 is 1.92.